The van der Waals surface area contributed by atoms with Gasteiger partial charge in [-0.25, -0.2) is 13.2 Å². The van der Waals surface area contributed by atoms with Gasteiger partial charge in [-0.15, -0.1) is 0 Å². The van der Waals surface area contributed by atoms with Crippen LogP contribution in [0.5, 0.6) is 0 Å². The van der Waals surface area contributed by atoms with Gasteiger partial charge in [-0.1, -0.05) is 0 Å². The Morgan fingerprint density at radius 2 is 1.79 bits per heavy atom. The van der Waals surface area contributed by atoms with Crippen molar-refractivity contribution in [3.05, 3.63) is 59.0 Å². The molecule has 3 rings (SSSR count). The standard InChI is InChI=1S/C17H10F3N3O/c18-12-5-9(6-13(19)15(12)20)11-4-8(1-2-21)3-10-7-14(17(22)24)23-16(10)11/h3-7,23H,1H2,(H2,22,24). The molecule has 2 aromatic carbocycles. The van der Waals surface area contributed by atoms with E-state index in [4.69, 9.17) is 11.0 Å². The van der Waals surface area contributed by atoms with Crippen LogP contribution >= 0.6 is 0 Å². The lowest BCUT2D eigenvalue weighted by molar-refractivity contribution is 0.0996. The van der Waals surface area contributed by atoms with Gasteiger partial charge in [0.1, 0.15) is 5.69 Å². The number of amides is 1. The molecule has 120 valence electrons. The minimum Gasteiger partial charge on any atom is -0.364 e. The van der Waals surface area contributed by atoms with E-state index >= 15 is 0 Å². The third-order valence-corrected chi connectivity index (χ3v) is 3.63. The van der Waals surface area contributed by atoms with Crippen LogP contribution in [0, 0.1) is 28.8 Å². The molecule has 0 unspecified atom stereocenters. The minimum atomic E-state index is -1.56. The second-order valence-corrected chi connectivity index (χ2v) is 5.24. The highest BCUT2D eigenvalue weighted by Gasteiger charge is 2.16. The van der Waals surface area contributed by atoms with Crippen LogP contribution in [0.1, 0.15) is 16.1 Å². The Morgan fingerprint density at radius 3 is 2.38 bits per heavy atom. The monoisotopic (exact) mass is 329 g/mol. The van der Waals surface area contributed by atoms with Gasteiger partial charge in [0.2, 0.25) is 0 Å². The summed E-state index contributed by atoms with van der Waals surface area (Å²) < 4.78 is 40.3. The zero-order valence-electron chi connectivity index (χ0n) is 12.2. The largest absolute Gasteiger partial charge is 0.364 e. The van der Waals surface area contributed by atoms with Crippen molar-refractivity contribution < 1.29 is 18.0 Å². The van der Waals surface area contributed by atoms with E-state index in [1.165, 1.54) is 6.07 Å². The number of nitrogens with zero attached hydrogens (tertiary/aromatic N) is 1. The number of aromatic nitrogens is 1. The fourth-order valence-electron chi connectivity index (χ4n) is 2.57. The van der Waals surface area contributed by atoms with Gasteiger partial charge in [-0.2, -0.15) is 5.26 Å². The summed E-state index contributed by atoms with van der Waals surface area (Å²) in [5.41, 5.74) is 6.76. The molecule has 1 amide bonds. The van der Waals surface area contributed by atoms with Crippen LogP contribution < -0.4 is 5.73 Å². The van der Waals surface area contributed by atoms with E-state index in [0.29, 0.717) is 22.0 Å². The summed E-state index contributed by atoms with van der Waals surface area (Å²) in [5, 5.41) is 9.42. The van der Waals surface area contributed by atoms with Crippen LogP contribution in [0.4, 0.5) is 13.2 Å². The van der Waals surface area contributed by atoms with Crippen LogP contribution in [0.15, 0.2) is 30.3 Å². The van der Waals surface area contributed by atoms with E-state index in [0.717, 1.165) is 12.1 Å². The number of fused-ring (bicyclic) bond motifs is 1. The number of hydrogen-bond acceptors (Lipinski definition) is 2. The lowest BCUT2D eigenvalue weighted by Gasteiger charge is -2.08. The molecule has 0 radical (unpaired) electrons. The molecule has 3 aromatic rings. The maximum atomic E-state index is 13.6. The predicted octanol–water partition coefficient (Wildman–Crippen LogP) is 3.42. The third kappa shape index (κ3) is 2.58. The number of nitrogens with two attached hydrogens (primary N) is 1. The Kier molecular flexibility index (Phi) is 3.73. The first-order valence-corrected chi connectivity index (χ1v) is 6.88. The van der Waals surface area contributed by atoms with E-state index in [9.17, 15) is 18.0 Å². The number of nitriles is 1. The minimum absolute atomic E-state index is 0.0617. The van der Waals surface area contributed by atoms with Gasteiger partial charge < -0.3 is 10.7 Å². The molecule has 1 heterocycles. The van der Waals surface area contributed by atoms with E-state index in [1.807, 2.05) is 6.07 Å². The van der Waals surface area contributed by atoms with Crippen molar-refractivity contribution in [1.82, 2.24) is 4.98 Å². The molecule has 0 saturated heterocycles. The van der Waals surface area contributed by atoms with E-state index < -0.39 is 23.4 Å². The Hall–Kier alpha value is -3.27. The summed E-state index contributed by atoms with van der Waals surface area (Å²) in [6, 6.07) is 8.40. The number of rotatable bonds is 3. The first kappa shape index (κ1) is 15.6. The van der Waals surface area contributed by atoms with Crippen molar-refractivity contribution in [3.63, 3.8) is 0 Å². The average molecular weight is 329 g/mol. The van der Waals surface area contributed by atoms with Crippen LogP contribution in [-0.4, -0.2) is 10.9 Å². The number of aromatic amines is 1. The van der Waals surface area contributed by atoms with Crippen molar-refractivity contribution in [2.24, 2.45) is 5.73 Å². The maximum Gasteiger partial charge on any atom is 0.265 e. The Labute approximate surface area is 134 Å². The highest BCUT2D eigenvalue weighted by molar-refractivity contribution is 6.02. The number of H-pyrrole nitrogens is 1. The van der Waals surface area contributed by atoms with Crippen molar-refractivity contribution in [3.8, 4) is 17.2 Å². The van der Waals surface area contributed by atoms with E-state index in [-0.39, 0.29) is 17.7 Å². The molecule has 24 heavy (non-hydrogen) atoms. The molecule has 7 heteroatoms. The molecule has 0 spiro atoms. The summed E-state index contributed by atoms with van der Waals surface area (Å²) in [5.74, 6) is -4.92. The number of carbonyl (C=O) groups is 1. The normalized spacial score (nSPS) is 10.8. The van der Waals surface area contributed by atoms with Gasteiger partial charge in [-0.05, 0) is 41.5 Å². The molecule has 0 fully saturated rings. The highest BCUT2D eigenvalue weighted by atomic mass is 19.2. The van der Waals surface area contributed by atoms with Gasteiger partial charge in [0, 0.05) is 10.9 Å². The average Bonchev–Trinajstić information content (AvgIpc) is 2.96. The van der Waals surface area contributed by atoms with Crippen molar-refractivity contribution in [2.75, 3.05) is 0 Å². The lowest BCUT2D eigenvalue weighted by atomic mass is 9.98. The molecule has 4 nitrogen and oxygen atoms in total. The number of hydrogen-bond donors (Lipinski definition) is 2. The topological polar surface area (TPSA) is 82.7 Å². The summed E-state index contributed by atoms with van der Waals surface area (Å²) in [6.07, 6.45) is 0.0617. The molecule has 0 aliphatic heterocycles. The van der Waals surface area contributed by atoms with Crippen molar-refractivity contribution in [1.29, 1.82) is 5.26 Å². The van der Waals surface area contributed by atoms with Gasteiger partial charge >= 0.3 is 0 Å². The Morgan fingerprint density at radius 1 is 1.12 bits per heavy atom. The first-order valence-electron chi connectivity index (χ1n) is 6.88. The van der Waals surface area contributed by atoms with Crippen LogP contribution in [-0.2, 0) is 6.42 Å². The van der Waals surface area contributed by atoms with Crippen LogP contribution in [0.25, 0.3) is 22.0 Å². The summed E-state index contributed by atoms with van der Waals surface area (Å²) >= 11 is 0. The number of carbonyl (C=O) groups excluding carboxylic acids is 1. The number of benzene rings is 2. The van der Waals surface area contributed by atoms with Gasteiger partial charge in [0.05, 0.1) is 18.0 Å². The Balaban J connectivity index is 2.32. The molecule has 0 saturated carbocycles. The van der Waals surface area contributed by atoms with Gasteiger partial charge in [0.15, 0.2) is 17.5 Å². The third-order valence-electron chi connectivity index (χ3n) is 3.63. The fourth-order valence-corrected chi connectivity index (χ4v) is 2.57. The van der Waals surface area contributed by atoms with Crippen LogP contribution in [0.3, 0.4) is 0 Å². The first-order chi connectivity index (χ1) is 11.4. The Bertz CT molecular complexity index is 995. The summed E-state index contributed by atoms with van der Waals surface area (Å²) in [7, 11) is 0. The predicted molar refractivity (Wildman–Crippen MR) is 81.4 cm³/mol. The summed E-state index contributed by atoms with van der Waals surface area (Å²) in [4.78, 5) is 14.1. The molecule has 0 aliphatic carbocycles. The second kappa shape index (κ2) is 5.74. The number of halogens is 3. The number of primary amides is 1. The van der Waals surface area contributed by atoms with Gasteiger partial charge in [-0.3, -0.25) is 4.79 Å². The highest BCUT2D eigenvalue weighted by Crippen LogP contribution is 2.32. The van der Waals surface area contributed by atoms with Crippen LogP contribution in [0.2, 0.25) is 0 Å². The van der Waals surface area contributed by atoms with E-state index in [1.54, 1.807) is 12.1 Å². The SMILES string of the molecule is N#CCc1cc(-c2cc(F)c(F)c(F)c2)c2[nH]c(C(N)=O)cc2c1. The second-order valence-electron chi connectivity index (χ2n) is 5.24. The molecule has 0 aliphatic rings. The molecular weight excluding hydrogens is 319 g/mol. The van der Waals surface area contributed by atoms with Crippen molar-refractivity contribution in [2.45, 2.75) is 6.42 Å². The zero-order valence-corrected chi connectivity index (χ0v) is 12.2. The smallest absolute Gasteiger partial charge is 0.265 e. The van der Waals surface area contributed by atoms with Gasteiger partial charge in [0.25, 0.3) is 5.91 Å². The molecule has 0 atom stereocenters. The van der Waals surface area contributed by atoms with Crippen molar-refractivity contribution >= 4 is 16.8 Å². The number of nitrogens with one attached hydrogen (secondary N) is 1. The molecular formula is C17H10F3N3O. The maximum absolute atomic E-state index is 13.6. The molecule has 0 bridgehead atoms. The quantitative estimate of drug-likeness (QED) is 0.722. The zero-order chi connectivity index (χ0) is 17.4. The van der Waals surface area contributed by atoms with E-state index in [2.05, 4.69) is 4.98 Å². The molecule has 3 N–H and O–H groups in total. The molecule has 1 aromatic heterocycles. The fraction of sp³-hybridized carbons (Fsp3) is 0.0588. The summed E-state index contributed by atoms with van der Waals surface area (Å²) in [6.45, 7) is 0. The lowest BCUT2D eigenvalue weighted by Crippen LogP contribution is -2.10.